The lowest BCUT2D eigenvalue weighted by molar-refractivity contribution is -0.147. The van der Waals surface area contributed by atoms with Gasteiger partial charge in [0.1, 0.15) is 5.82 Å². The Balaban J connectivity index is 1.62. The molecule has 2 amide bonds. The van der Waals surface area contributed by atoms with Crippen LogP contribution in [0.3, 0.4) is 0 Å². The Bertz CT molecular complexity index is 1010. The van der Waals surface area contributed by atoms with Crippen LogP contribution in [0.4, 0.5) is 13.2 Å². The molecular weight excluding hydrogens is 407 g/mol. The summed E-state index contributed by atoms with van der Waals surface area (Å²) in [5.41, 5.74) is 1.67. The molecule has 0 unspecified atom stereocenters. The van der Waals surface area contributed by atoms with Gasteiger partial charge in [0, 0.05) is 6.54 Å². The van der Waals surface area contributed by atoms with Crippen molar-refractivity contribution < 1.29 is 22.8 Å². The molecule has 1 aliphatic rings. The minimum atomic E-state index is -4.01. The van der Waals surface area contributed by atoms with Crippen LogP contribution in [-0.4, -0.2) is 29.1 Å². The van der Waals surface area contributed by atoms with Crippen LogP contribution < -0.4 is 5.32 Å². The van der Waals surface area contributed by atoms with Crippen molar-refractivity contribution in [2.75, 3.05) is 6.54 Å². The SMILES string of the molecule is CCC1=NN(Cc2ccccc2C)C(=O)[C@H]1CCNC(=O)C(F)(F)c1ccccc1F. The lowest BCUT2D eigenvalue weighted by atomic mass is 9.97. The van der Waals surface area contributed by atoms with Gasteiger partial charge >= 0.3 is 5.92 Å². The van der Waals surface area contributed by atoms with E-state index in [1.807, 2.05) is 38.1 Å². The lowest BCUT2D eigenvalue weighted by Crippen LogP contribution is -2.40. The molecule has 31 heavy (non-hydrogen) atoms. The number of amides is 2. The molecule has 0 saturated carbocycles. The van der Waals surface area contributed by atoms with E-state index >= 15 is 0 Å². The maximum Gasteiger partial charge on any atom is 0.352 e. The van der Waals surface area contributed by atoms with Crippen LogP contribution in [0.1, 0.15) is 36.5 Å². The zero-order chi connectivity index (χ0) is 22.6. The molecule has 0 radical (unpaired) electrons. The summed E-state index contributed by atoms with van der Waals surface area (Å²) in [5, 5.41) is 7.92. The lowest BCUT2D eigenvalue weighted by Gasteiger charge is -2.18. The zero-order valence-electron chi connectivity index (χ0n) is 17.4. The van der Waals surface area contributed by atoms with Crippen LogP contribution in [0.2, 0.25) is 0 Å². The van der Waals surface area contributed by atoms with Crippen LogP contribution in [0.25, 0.3) is 0 Å². The maximum absolute atomic E-state index is 14.3. The first-order valence-electron chi connectivity index (χ1n) is 10.1. The number of nitrogens with one attached hydrogen (secondary N) is 1. The van der Waals surface area contributed by atoms with Crippen molar-refractivity contribution in [3.63, 3.8) is 0 Å². The van der Waals surface area contributed by atoms with E-state index in [0.29, 0.717) is 18.7 Å². The monoisotopic (exact) mass is 431 g/mol. The van der Waals surface area contributed by atoms with E-state index < -0.39 is 29.1 Å². The fourth-order valence-electron chi connectivity index (χ4n) is 3.54. The summed E-state index contributed by atoms with van der Waals surface area (Å²) >= 11 is 0. The summed E-state index contributed by atoms with van der Waals surface area (Å²) in [6, 6.07) is 11.9. The number of rotatable bonds is 8. The first-order chi connectivity index (χ1) is 14.8. The fraction of sp³-hybridized carbons (Fsp3) is 0.348. The normalized spacial score (nSPS) is 16.4. The van der Waals surface area contributed by atoms with Crippen molar-refractivity contribution in [2.24, 2.45) is 11.0 Å². The highest BCUT2D eigenvalue weighted by Gasteiger charge is 2.43. The predicted octanol–water partition coefficient (Wildman–Crippen LogP) is 4.16. The number of alkyl halides is 2. The smallest absolute Gasteiger partial charge is 0.351 e. The summed E-state index contributed by atoms with van der Waals surface area (Å²) in [4.78, 5) is 24.8. The van der Waals surface area contributed by atoms with Crippen LogP contribution >= 0.6 is 0 Å². The van der Waals surface area contributed by atoms with E-state index in [0.717, 1.165) is 23.3 Å². The molecular formula is C23H24F3N3O2. The van der Waals surface area contributed by atoms with Crippen LogP contribution in [-0.2, 0) is 22.1 Å². The fourth-order valence-corrected chi connectivity index (χ4v) is 3.54. The van der Waals surface area contributed by atoms with Crippen LogP contribution in [0.5, 0.6) is 0 Å². The standard InChI is InChI=1S/C23H24F3N3O2/c1-3-20-17(21(30)29(28-20)14-16-9-5-4-8-15(16)2)12-13-27-22(31)23(25,26)18-10-6-7-11-19(18)24/h4-11,17H,3,12-14H2,1-2H3,(H,27,31)/t17-/m0/s1. The molecule has 0 saturated heterocycles. The molecule has 1 atom stereocenters. The van der Waals surface area contributed by atoms with Crippen LogP contribution in [0.15, 0.2) is 53.6 Å². The zero-order valence-corrected chi connectivity index (χ0v) is 17.4. The van der Waals surface area contributed by atoms with E-state index in [9.17, 15) is 22.8 Å². The molecule has 0 spiro atoms. The number of benzene rings is 2. The Labute approximate surface area is 178 Å². The van der Waals surface area contributed by atoms with Crippen molar-refractivity contribution in [3.05, 3.63) is 71.0 Å². The second-order valence-electron chi connectivity index (χ2n) is 7.42. The third kappa shape index (κ3) is 4.78. The average Bonchev–Trinajstić information content (AvgIpc) is 3.04. The molecule has 1 aliphatic heterocycles. The van der Waals surface area contributed by atoms with Gasteiger partial charge in [-0.3, -0.25) is 9.59 Å². The third-order valence-corrected chi connectivity index (χ3v) is 5.36. The van der Waals surface area contributed by atoms with Crippen molar-refractivity contribution in [3.8, 4) is 0 Å². The molecule has 0 fully saturated rings. The van der Waals surface area contributed by atoms with Crippen molar-refractivity contribution in [2.45, 2.75) is 39.2 Å². The summed E-state index contributed by atoms with van der Waals surface area (Å²) in [7, 11) is 0. The van der Waals surface area contributed by atoms with E-state index in [1.54, 1.807) is 0 Å². The molecule has 2 aromatic rings. The number of hydrogen-bond donors (Lipinski definition) is 1. The Morgan fingerprint density at radius 1 is 1.16 bits per heavy atom. The number of hydrazone groups is 1. The second kappa shape index (κ2) is 9.32. The number of carbonyl (C=O) groups excluding carboxylic acids is 2. The van der Waals surface area contributed by atoms with Gasteiger partial charge < -0.3 is 5.32 Å². The molecule has 3 rings (SSSR count). The van der Waals surface area contributed by atoms with Crippen molar-refractivity contribution in [1.82, 2.24) is 10.3 Å². The Kier molecular flexibility index (Phi) is 6.77. The molecule has 2 aromatic carbocycles. The van der Waals surface area contributed by atoms with Gasteiger partial charge in [0.2, 0.25) is 0 Å². The predicted molar refractivity (Wildman–Crippen MR) is 111 cm³/mol. The van der Waals surface area contributed by atoms with Gasteiger partial charge in [-0.25, -0.2) is 9.40 Å². The highest BCUT2D eigenvalue weighted by molar-refractivity contribution is 6.07. The minimum absolute atomic E-state index is 0.134. The molecule has 164 valence electrons. The molecule has 0 aliphatic carbocycles. The van der Waals surface area contributed by atoms with Gasteiger partial charge in [0.15, 0.2) is 0 Å². The highest BCUT2D eigenvalue weighted by Crippen LogP contribution is 2.30. The van der Waals surface area contributed by atoms with Gasteiger partial charge in [-0.15, -0.1) is 0 Å². The summed E-state index contributed by atoms with van der Waals surface area (Å²) < 4.78 is 42.3. The van der Waals surface area contributed by atoms with Gasteiger partial charge in [-0.05, 0) is 43.0 Å². The molecule has 0 bridgehead atoms. The van der Waals surface area contributed by atoms with Gasteiger partial charge in [-0.2, -0.15) is 13.9 Å². The van der Waals surface area contributed by atoms with Crippen molar-refractivity contribution >= 4 is 17.5 Å². The number of aryl methyl sites for hydroxylation is 1. The van der Waals surface area contributed by atoms with Gasteiger partial charge in [0.05, 0.1) is 23.7 Å². The first-order valence-corrected chi connectivity index (χ1v) is 10.1. The van der Waals surface area contributed by atoms with E-state index in [2.05, 4.69) is 10.4 Å². The quantitative estimate of drug-likeness (QED) is 0.682. The maximum atomic E-state index is 14.3. The van der Waals surface area contributed by atoms with E-state index in [1.165, 1.54) is 17.1 Å². The Morgan fingerprint density at radius 3 is 2.52 bits per heavy atom. The summed E-state index contributed by atoms with van der Waals surface area (Å²) in [5.74, 6) is -7.58. The highest BCUT2D eigenvalue weighted by atomic mass is 19.3. The molecule has 8 heteroatoms. The number of halogens is 3. The first kappa shape index (κ1) is 22.5. The molecule has 1 N–H and O–H groups in total. The molecule has 0 aromatic heterocycles. The Morgan fingerprint density at radius 2 is 1.84 bits per heavy atom. The number of hydrogen-bond acceptors (Lipinski definition) is 3. The summed E-state index contributed by atoms with van der Waals surface area (Å²) in [6.07, 6.45) is 0.662. The minimum Gasteiger partial charge on any atom is -0.351 e. The molecule has 5 nitrogen and oxygen atoms in total. The third-order valence-electron chi connectivity index (χ3n) is 5.36. The largest absolute Gasteiger partial charge is 0.352 e. The summed E-state index contributed by atoms with van der Waals surface area (Å²) in [6.45, 7) is 3.98. The van der Waals surface area contributed by atoms with E-state index in [-0.39, 0.29) is 18.9 Å². The van der Waals surface area contributed by atoms with Crippen LogP contribution in [0, 0.1) is 18.7 Å². The second-order valence-corrected chi connectivity index (χ2v) is 7.42. The number of carbonyl (C=O) groups is 2. The van der Waals surface area contributed by atoms with Crippen molar-refractivity contribution in [1.29, 1.82) is 0 Å². The van der Waals surface area contributed by atoms with Gasteiger partial charge in [-0.1, -0.05) is 43.3 Å². The molecule has 1 heterocycles. The topological polar surface area (TPSA) is 61.8 Å². The number of nitrogens with zero attached hydrogens (tertiary/aromatic N) is 2. The Hall–Kier alpha value is -3.16. The average molecular weight is 431 g/mol. The van der Waals surface area contributed by atoms with Gasteiger partial charge in [0.25, 0.3) is 11.8 Å². The van der Waals surface area contributed by atoms with E-state index in [4.69, 9.17) is 0 Å².